The molecule has 4 heterocycles. The maximum Gasteiger partial charge on any atom is 0.229 e. The number of carbonyl (C=O) groups is 1. The molecular weight excluding hydrogens is 462 g/mol. The van der Waals surface area contributed by atoms with Crippen molar-refractivity contribution >= 4 is 23.3 Å². The fourth-order valence-corrected chi connectivity index (χ4v) is 5.22. The average molecular weight is 485 g/mol. The molecule has 1 saturated heterocycles. The molecule has 2 fully saturated rings. The minimum atomic E-state index is -1.05. The first kappa shape index (κ1) is 21.5. The smallest absolute Gasteiger partial charge is 0.229 e. The Hall–Kier alpha value is -3.07. The summed E-state index contributed by atoms with van der Waals surface area (Å²) < 4.78 is 28.9. The van der Waals surface area contributed by atoms with Crippen molar-refractivity contribution in [2.45, 2.75) is 44.4 Å². The summed E-state index contributed by atoms with van der Waals surface area (Å²) in [4.78, 5) is 20.9. The number of anilines is 1. The van der Waals surface area contributed by atoms with Gasteiger partial charge in [0.05, 0.1) is 24.3 Å². The van der Waals surface area contributed by atoms with E-state index >= 15 is 0 Å². The molecule has 0 radical (unpaired) electrons. The molecule has 3 aromatic rings. The summed E-state index contributed by atoms with van der Waals surface area (Å²) in [5.41, 5.74) is 1.80. The number of pyridine rings is 1. The summed E-state index contributed by atoms with van der Waals surface area (Å²) in [6.45, 7) is 2.17. The van der Waals surface area contributed by atoms with Crippen LogP contribution in [0.15, 0.2) is 36.5 Å². The number of nitrogens with zero attached hydrogens (tertiary/aromatic N) is 6. The van der Waals surface area contributed by atoms with Gasteiger partial charge < -0.3 is 9.80 Å². The van der Waals surface area contributed by atoms with Gasteiger partial charge in [-0.1, -0.05) is 11.6 Å². The predicted molar refractivity (Wildman–Crippen MR) is 122 cm³/mol. The Labute approximate surface area is 200 Å². The highest BCUT2D eigenvalue weighted by molar-refractivity contribution is 6.30. The number of alkyl halides is 1. The van der Waals surface area contributed by atoms with Crippen LogP contribution in [0.5, 0.6) is 0 Å². The highest BCUT2D eigenvalue weighted by Gasteiger charge is 2.46. The molecule has 3 aliphatic rings. The van der Waals surface area contributed by atoms with Gasteiger partial charge in [0, 0.05) is 30.6 Å². The molecule has 1 unspecified atom stereocenters. The van der Waals surface area contributed by atoms with Gasteiger partial charge in [-0.2, -0.15) is 0 Å². The molecule has 2 aromatic heterocycles. The van der Waals surface area contributed by atoms with Crippen molar-refractivity contribution in [3.8, 4) is 5.69 Å². The van der Waals surface area contributed by atoms with Crippen LogP contribution >= 0.6 is 11.6 Å². The summed E-state index contributed by atoms with van der Waals surface area (Å²) >= 11 is 6.29. The maximum absolute atomic E-state index is 13.6. The first-order valence-electron chi connectivity index (χ1n) is 11.5. The SMILES string of the molecule is O=C(C1C[C@@H]1F)N1Cc2cc(Cl)ccc2-n2c(nnc2C2CCN(c3ccc(F)cn3)CC2)C1. The van der Waals surface area contributed by atoms with Gasteiger partial charge >= 0.3 is 0 Å². The van der Waals surface area contributed by atoms with Gasteiger partial charge in [0.25, 0.3) is 0 Å². The Morgan fingerprint density at radius 1 is 1.09 bits per heavy atom. The molecule has 0 spiro atoms. The van der Waals surface area contributed by atoms with Gasteiger partial charge in [-0.15, -0.1) is 10.2 Å². The fraction of sp³-hybridized carbons (Fsp3) is 0.417. The number of rotatable bonds is 3. The largest absolute Gasteiger partial charge is 0.357 e. The Balaban J connectivity index is 1.29. The van der Waals surface area contributed by atoms with E-state index in [1.54, 1.807) is 11.0 Å². The zero-order valence-corrected chi connectivity index (χ0v) is 19.1. The number of carbonyl (C=O) groups excluding carboxylic acids is 1. The van der Waals surface area contributed by atoms with Gasteiger partial charge in [0.2, 0.25) is 5.91 Å². The molecule has 0 bridgehead atoms. The van der Waals surface area contributed by atoms with Crippen molar-refractivity contribution in [3.05, 3.63) is 64.6 Å². The number of benzene rings is 1. The van der Waals surface area contributed by atoms with E-state index in [0.29, 0.717) is 17.4 Å². The van der Waals surface area contributed by atoms with Gasteiger partial charge in [0.1, 0.15) is 23.6 Å². The molecule has 6 rings (SSSR count). The van der Waals surface area contributed by atoms with Crippen molar-refractivity contribution < 1.29 is 13.6 Å². The van der Waals surface area contributed by atoms with Crippen LogP contribution in [0.1, 0.15) is 42.4 Å². The molecule has 1 aromatic carbocycles. The van der Waals surface area contributed by atoms with Gasteiger partial charge in [-0.25, -0.2) is 13.8 Å². The van der Waals surface area contributed by atoms with Crippen molar-refractivity contribution in [1.29, 1.82) is 0 Å². The molecule has 1 saturated carbocycles. The lowest BCUT2D eigenvalue weighted by molar-refractivity contribution is -0.134. The van der Waals surface area contributed by atoms with E-state index in [1.807, 2.05) is 18.2 Å². The average Bonchev–Trinajstić information content (AvgIpc) is 3.48. The van der Waals surface area contributed by atoms with Crippen molar-refractivity contribution in [1.82, 2.24) is 24.6 Å². The van der Waals surface area contributed by atoms with E-state index in [2.05, 4.69) is 24.6 Å². The molecule has 34 heavy (non-hydrogen) atoms. The van der Waals surface area contributed by atoms with E-state index in [-0.39, 0.29) is 30.6 Å². The molecule has 2 aliphatic heterocycles. The van der Waals surface area contributed by atoms with Crippen molar-refractivity contribution in [3.63, 3.8) is 0 Å². The van der Waals surface area contributed by atoms with E-state index in [0.717, 1.165) is 48.8 Å². The van der Waals surface area contributed by atoms with Crippen molar-refractivity contribution in [2.24, 2.45) is 5.92 Å². The number of piperidine rings is 1. The van der Waals surface area contributed by atoms with Gasteiger partial charge in [-0.05, 0) is 55.2 Å². The van der Waals surface area contributed by atoms with Crippen molar-refractivity contribution in [2.75, 3.05) is 18.0 Å². The summed E-state index contributed by atoms with van der Waals surface area (Å²) in [5.74, 6) is 1.37. The molecule has 0 N–H and O–H groups in total. The standard InChI is InChI=1S/C24H23ClF2N6O/c25-16-1-3-20-15(9-16)12-32(24(34)18-10-19(18)27)13-22-29-30-23(33(20)22)14-5-7-31(8-6-14)21-4-2-17(26)11-28-21/h1-4,9,11,14,18-19H,5-8,10,12-13H2/t18?,19-/m0/s1. The van der Waals surface area contributed by atoms with Crippen LogP contribution in [0.25, 0.3) is 5.69 Å². The molecule has 10 heteroatoms. The van der Waals surface area contributed by atoms with Crippen LogP contribution in [0.2, 0.25) is 5.02 Å². The minimum absolute atomic E-state index is 0.169. The lowest BCUT2D eigenvalue weighted by Gasteiger charge is -2.32. The summed E-state index contributed by atoms with van der Waals surface area (Å²) in [6, 6.07) is 8.75. The second-order valence-electron chi connectivity index (χ2n) is 9.23. The van der Waals surface area contributed by atoms with E-state index in [4.69, 9.17) is 11.6 Å². The van der Waals surface area contributed by atoms with Crippen LogP contribution in [0.4, 0.5) is 14.6 Å². The number of aromatic nitrogens is 4. The van der Waals surface area contributed by atoms with E-state index in [9.17, 15) is 13.6 Å². The first-order chi connectivity index (χ1) is 16.5. The number of hydrogen-bond donors (Lipinski definition) is 0. The fourth-order valence-electron chi connectivity index (χ4n) is 5.02. The number of amides is 1. The normalized spacial score (nSPS) is 22.2. The second kappa shape index (κ2) is 8.30. The first-order valence-corrected chi connectivity index (χ1v) is 11.9. The van der Waals surface area contributed by atoms with Gasteiger partial charge in [0.15, 0.2) is 5.82 Å². The Morgan fingerprint density at radius 3 is 2.59 bits per heavy atom. The van der Waals surface area contributed by atoms with Crippen LogP contribution in [-0.2, 0) is 17.9 Å². The summed E-state index contributed by atoms with van der Waals surface area (Å²) in [7, 11) is 0. The summed E-state index contributed by atoms with van der Waals surface area (Å²) in [5, 5.41) is 9.59. The third-order valence-electron chi connectivity index (χ3n) is 6.97. The molecular formula is C24H23ClF2N6O. The quantitative estimate of drug-likeness (QED) is 0.561. The molecule has 7 nitrogen and oxygen atoms in total. The number of halogens is 3. The van der Waals surface area contributed by atoms with Crippen LogP contribution < -0.4 is 4.90 Å². The van der Waals surface area contributed by atoms with Gasteiger partial charge in [-0.3, -0.25) is 9.36 Å². The zero-order valence-electron chi connectivity index (χ0n) is 18.4. The highest BCUT2D eigenvalue weighted by atomic mass is 35.5. The van der Waals surface area contributed by atoms with E-state index < -0.39 is 12.1 Å². The Kier molecular flexibility index (Phi) is 5.24. The monoisotopic (exact) mass is 484 g/mol. The summed E-state index contributed by atoms with van der Waals surface area (Å²) in [6.07, 6.45) is 2.16. The maximum atomic E-state index is 13.6. The molecule has 1 amide bonds. The molecule has 2 atom stereocenters. The molecule has 176 valence electrons. The third-order valence-corrected chi connectivity index (χ3v) is 7.20. The lowest BCUT2D eigenvalue weighted by atomic mass is 9.95. The van der Waals surface area contributed by atoms with E-state index in [1.165, 1.54) is 12.3 Å². The lowest BCUT2D eigenvalue weighted by Crippen LogP contribution is -2.34. The minimum Gasteiger partial charge on any atom is -0.357 e. The topological polar surface area (TPSA) is 67.2 Å². The number of hydrogen-bond acceptors (Lipinski definition) is 5. The third kappa shape index (κ3) is 3.81. The second-order valence-corrected chi connectivity index (χ2v) is 9.67. The Morgan fingerprint density at radius 2 is 1.88 bits per heavy atom. The zero-order chi connectivity index (χ0) is 23.4. The van der Waals surface area contributed by atoms with Crippen LogP contribution in [0.3, 0.4) is 0 Å². The predicted octanol–water partition coefficient (Wildman–Crippen LogP) is 4.04. The Bertz CT molecular complexity index is 1240. The van der Waals surface area contributed by atoms with Crippen LogP contribution in [-0.4, -0.2) is 49.8 Å². The van der Waals surface area contributed by atoms with Crippen LogP contribution in [0, 0.1) is 11.7 Å². The highest BCUT2D eigenvalue weighted by Crippen LogP contribution is 2.38. The number of fused-ring (bicyclic) bond motifs is 3. The molecule has 1 aliphatic carbocycles.